The molecule has 2 N–H and O–H groups in total. The van der Waals surface area contributed by atoms with Crippen LogP contribution in [0.1, 0.15) is 19.8 Å². The Kier molecular flexibility index (Phi) is 7.07. The van der Waals surface area contributed by atoms with Crippen molar-refractivity contribution in [2.75, 3.05) is 19.6 Å². The summed E-state index contributed by atoms with van der Waals surface area (Å²) < 4.78 is 2.05. The van der Waals surface area contributed by atoms with Crippen molar-refractivity contribution < 1.29 is 0 Å². The van der Waals surface area contributed by atoms with Gasteiger partial charge in [0.05, 0.1) is 6.33 Å². The molecule has 1 fully saturated rings. The van der Waals surface area contributed by atoms with Gasteiger partial charge in [0, 0.05) is 38.6 Å². The molecule has 0 atom stereocenters. The Bertz CT molecular complexity index is 345. The third kappa shape index (κ3) is 5.70. The first-order valence-corrected chi connectivity index (χ1v) is 6.36. The number of hydrogen-bond donors (Lipinski definition) is 2. The second kappa shape index (κ2) is 8.34. The number of rotatable bonds is 6. The molecule has 102 valence electrons. The van der Waals surface area contributed by atoms with Gasteiger partial charge in [0.25, 0.3) is 0 Å². The summed E-state index contributed by atoms with van der Waals surface area (Å²) in [6.45, 7) is 5.73. The van der Waals surface area contributed by atoms with Crippen LogP contribution in [0.2, 0.25) is 0 Å². The third-order valence-corrected chi connectivity index (χ3v) is 2.77. The van der Waals surface area contributed by atoms with E-state index in [2.05, 4.69) is 32.1 Å². The topological polar surface area (TPSA) is 54.2 Å². The summed E-state index contributed by atoms with van der Waals surface area (Å²) in [7, 11) is 0. The molecule has 5 nitrogen and oxygen atoms in total. The zero-order chi connectivity index (χ0) is 11.9. The lowest BCUT2D eigenvalue weighted by Gasteiger charge is -2.11. The molecule has 2 rings (SSSR count). The smallest absolute Gasteiger partial charge is 0.191 e. The molecule has 1 aliphatic carbocycles. The number of nitrogens with zero attached hydrogens (tertiary/aromatic N) is 3. The summed E-state index contributed by atoms with van der Waals surface area (Å²) in [6, 6.07) is 0. The van der Waals surface area contributed by atoms with Crippen molar-refractivity contribution in [2.24, 2.45) is 10.9 Å². The van der Waals surface area contributed by atoms with Crippen molar-refractivity contribution in [3.05, 3.63) is 18.7 Å². The molecular formula is C12H22IN5. The SMILES string of the molecule is CCNC(=NCC1CC1)NCCn1ccnc1.I. The number of guanidine groups is 1. The number of halogens is 1. The van der Waals surface area contributed by atoms with Crippen molar-refractivity contribution in [3.8, 4) is 0 Å². The molecule has 0 aliphatic heterocycles. The standard InChI is InChI=1S/C12H21N5.HI/c1-2-14-12(16-9-11-3-4-11)15-6-8-17-7-5-13-10-17;/h5,7,10-11H,2-4,6,8-9H2,1H3,(H2,14,15,16);1H. The molecule has 0 amide bonds. The van der Waals surface area contributed by atoms with E-state index in [0.29, 0.717) is 0 Å². The van der Waals surface area contributed by atoms with Crippen LogP contribution in [-0.4, -0.2) is 35.1 Å². The maximum atomic E-state index is 4.56. The van der Waals surface area contributed by atoms with Gasteiger partial charge in [0.15, 0.2) is 5.96 Å². The van der Waals surface area contributed by atoms with Crippen LogP contribution in [0.25, 0.3) is 0 Å². The average Bonchev–Trinajstić information content (AvgIpc) is 3.02. The highest BCUT2D eigenvalue weighted by atomic mass is 127. The second-order valence-electron chi connectivity index (χ2n) is 4.39. The number of aromatic nitrogens is 2. The van der Waals surface area contributed by atoms with Crippen LogP contribution in [0.5, 0.6) is 0 Å². The zero-order valence-corrected chi connectivity index (χ0v) is 13.1. The van der Waals surface area contributed by atoms with Gasteiger partial charge in [-0.15, -0.1) is 24.0 Å². The molecule has 0 saturated heterocycles. The van der Waals surface area contributed by atoms with Gasteiger partial charge in [-0.25, -0.2) is 4.98 Å². The Morgan fingerprint density at radius 1 is 1.44 bits per heavy atom. The minimum atomic E-state index is 0. The molecule has 0 bridgehead atoms. The quantitative estimate of drug-likeness (QED) is 0.457. The first kappa shape index (κ1) is 15.3. The zero-order valence-electron chi connectivity index (χ0n) is 10.8. The summed E-state index contributed by atoms with van der Waals surface area (Å²) in [5.41, 5.74) is 0. The summed E-state index contributed by atoms with van der Waals surface area (Å²) in [5, 5.41) is 6.59. The summed E-state index contributed by atoms with van der Waals surface area (Å²) >= 11 is 0. The Labute approximate surface area is 125 Å². The first-order valence-electron chi connectivity index (χ1n) is 6.36. The average molecular weight is 363 g/mol. The number of aliphatic imine (C=N–C) groups is 1. The molecule has 1 saturated carbocycles. The number of imidazole rings is 1. The van der Waals surface area contributed by atoms with Crippen LogP contribution in [0.4, 0.5) is 0 Å². The summed E-state index contributed by atoms with van der Waals surface area (Å²) in [6.07, 6.45) is 8.29. The van der Waals surface area contributed by atoms with E-state index < -0.39 is 0 Å². The van der Waals surface area contributed by atoms with E-state index >= 15 is 0 Å². The van der Waals surface area contributed by atoms with E-state index in [0.717, 1.165) is 38.1 Å². The molecule has 0 radical (unpaired) electrons. The van der Waals surface area contributed by atoms with E-state index in [1.807, 2.05) is 12.5 Å². The van der Waals surface area contributed by atoms with Crippen molar-refractivity contribution in [2.45, 2.75) is 26.3 Å². The fourth-order valence-corrected chi connectivity index (χ4v) is 1.58. The van der Waals surface area contributed by atoms with E-state index in [9.17, 15) is 0 Å². The van der Waals surface area contributed by atoms with Crippen molar-refractivity contribution in [1.29, 1.82) is 0 Å². The lowest BCUT2D eigenvalue weighted by Crippen LogP contribution is -2.39. The molecular weight excluding hydrogens is 341 g/mol. The van der Waals surface area contributed by atoms with E-state index in [4.69, 9.17) is 0 Å². The molecule has 18 heavy (non-hydrogen) atoms. The minimum Gasteiger partial charge on any atom is -0.357 e. The van der Waals surface area contributed by atoms with Crippen LogP contribution < -0.4 is 10.6 Å². The van der Waals surface area contributed by atoms with Crippen LogP contribution in [0.3, 0.4) is 0 Å². The highest BCUT2D eigenvalue weighted by molar-refractivity contribution is 14.0. The van der Waals surface area contributed by atoms with Gasteiger partial charge in [0.1, 0.15) is 0 Å². The fraction of sp³-hybridized carbons (Fsp3) is 0.667. The minimum absolute atomic E-state index is 0. The van der Waals surface area contributed by atoms with Gasteiger partial charge in [-0.1, -0.05) is 0 Å². The predicted octanol–water partition coefficient (Wildman–Crippen LogP) is 1.47. The molecule has 1 aliphatic rings. The Morgan fingerprint density at radius 2 is 2.28 bits per heavy atom. The largest absolute Gasteiger partial charge is 0.357 e. The van der Waals surface area contributed by atoms with E-state index in [1.165, 1.54) is 12.8 Å². The van der Waals surface area contributed by atoms with Gasteiger partial charge in [-0.05, 0) is 25.7 Å². The lowest BCUT2D eigenvalue weighted by atomic mass is 10.4. The Hall–Kier alpha value is -0.790. The number of hydrogen-bond acceptors (Lipinski definition) is 2. The molecule has 1 aromatic heterocycles. The monoisotopic (exact) mass is 363 g/mol. The maximum absolute atomic E-state index is 4.56. The summed E-state index contributed by atoms with van der Waals surface area (Å²) in [4.78, 5) is 8.58. The van der Waals surface area contributed by atoms with Gasteiger partial charge in [-0.3, -0.25) is 4.99 Å². The van der Waals surface area contributed by atoms with Gasteiger partial charge >= 0.3 is 0 Å². The van der Waals surface area contributed by atoms with Gasteiger partial charge in [-0.2, -0.15) is 0 Å². The first-order chi connectivity index (χ1) is 8.38. The Balaban J connectivity index is 0.00000162. The van der Waals surface area contributed by atoms with Crippen LogP contribution in [0, 0.1) is 5.92 Å². The van der Waals surface area contributed by atoms with Crippen molar-refractivity contribution in [3.63, 3.8) is 0 Å². The lowest BCUT2D eigenvalue weighted by molar-refractivity contribution is 0.660. The maximum Gasteiger partial charge on any atom is 0.191 e. The Morgan fingerprint density at radius 3 is 2.89 bits per heavy atom. The predicted molar refractivity (Wildman–Crippen MR) is 84.3 cm³/mol. The van der Waals surface area contributed by atoms with Crippen LogP contribution >= 0.6 is 24.0 Å². The molecule has 0 spiro atoms. The van der Waals surface area contributed by atoms with Crippen LogP contribution in [0.15, 0.2) is 23.7 Å². The normalized spacial score (nSPS) is 15.1. The van der Waals surface area contributed by atoms with Crippen LogP contribution in [-0.2, 0) is 6.54 Å². The number of nitrogens with one attached hydrogen (secondary N) is 2. The summed E-state index contributed by atoms with van der Waals surface area (Å²) in [5.74, 6) is 1.76. The molecule has 1 aromatic rings. The van der Waals surface area contributed by atoms with Crippen molar-refractivity contribution in [1.82, 2.24) is 20.2 Å². The second-order valence-corrected chi connectivity index (χ2v) is 4.39. The molecule has 1 heterocycles. The van der Waals surface area contributed by atoms with Gasteiger partial charge < -0.3 is 15.2 Å². The highest BCUT2D eigenvalue weighted by Gasteiger charge is 2.20. The van der Waals surface area contributed by atoms with Crippen molar-refractivity contribution >= 4 is 29.9 Å². The molecule has 6 heteroatoms. The molecule has 0 unspecified atom stereocenters. The fourth-order valence-electron chi connectivity index (χ4n) is 1.58. The third-order valence-electron chi connectivity index (χ3n) is 2.77. The van der Waals surface area contributed by atoms with Gasteiger partial charge in [0.2, 0.25) is 0 Å². The van der Waals surface area contributed by atoms with E-state index in [-0.39, 0.29) is 24.0 Å². The van der Waals surface area contributed by atoms with E-state index in [1.54, 1.807) is 6.20 Å². The highest BCUT2D eigenvalue weighted by Crippen LogP contribution is 2.28. The molecule has 0 aromatic carbocycles.